The smallest absolute Gasteiger partial charge is 0.0701 e. The van der Waals surface area contributed by atoms with E-state index >= 15 is 0 Å². The third-order valence-corrected chi connectivity index (χ3v) is 3.78. The zero-order valence-electron chi connectivity index (χ0n) is 13.1. The van der Waals surface area contributed by atoms with Gasteiger partial charge in [0.25, 0.3) is 0 Å². The van der Waals surface area contributed by atoms with Gasteiger partial charge in [-0.1, -0.05) is 19.1 Å². The highest BCUT2D eigenvalue weighted by molar-refractivity contribution is 7.99. The molecule has 0 amide bonds. The fraction of sp³-hybridized carbons (Fsp3) is 0.625. The number of methoxy groups -OCH3 is 1. The third-order valence-electron chi connectivity index (χ3n) is 2.80. The molecule has 0 saturated carbocycles. The summed E-state index contributed by atoms with van der Waals surface area (Å²) < 4.78 is 15.7. The molecule has 0 saturated heterocycles. The summed E-state index contributed by atoms with van der Waals surface area (Å²) in [5, 5.41) is 3.32. The summed E-state index contributed by atoms with van der Waals surface area (Å²) in [7, 11) is 1.67. The first-order chi connectivity index (χ1) is 10.4. The van der Waals surface area contributed by atoms with Crippen LogP contribution in [0.2, 0.25) is 0 Å². The van der Waals surface area contributed by atoms with Gasteiger partial charge in [-0.2, -0.15) is 0 Å². The summed E-state index contributed by atoms with van der Waals surface area (Å²) in [5.74, 6) is 0.963. The van der Waals surface area contributed by atoms with Crippen LogP contribution in [-0.4, -0.2) is 52.4 Å². The first-order valence-electron chi connectivity index (χ1n) is 7.43. The first kappa shape index (κ1) is 18.5. The zero-order chi connectivity index (χ0) is 15.2. The molecule has 0 aliphatic rings. The average molecular weight is 313 g/mol. The lowest BCUT2D eigenvalue weighted by Crippen LogP contribution is -2.11. The zero-order valence-corrected chi connectivity index (χ0v) is 13.9. The van der Waals surface area contributed by atoms with Crippen molar-refractivity contribution in [3.05, 3.63) is 29.8 Å². The van der Waals surface area contributed by atoms with Gasteiger partial charge in [0, 0.05) is 24.3 Å². The summed E-state index contributed by atoms with van der Waals surface area (Å²) in [6, 6.07) is 8.70. The van der Waals surface area contributed by atoms with Crippen molar-refractivity contribution in [2.45, 2.75) is 18.4 Å². The molecule has 0 aliphatic heterocycles. The molecule has 0 spiro atoms. The lowest BCUT2D eigenvalue weighted by atomic mass is 10.2. The van der Waals surface area contributed by atoms with Crippen molar-refractivity contribution < 1.29 is 14.2 Å². The Bertz CT molecular complexity index is 346. The number of hydrogen-bond acceptors (Lipinski definition) is 5. The van der Waals surface area contributed by atoms with Crippen LogP contribution in [0.1, 0.15) is 12.5 Å². The normalized spacial score (nSPS) is 11.0. The molecule has 0 heterocycles. The molecule has 21 heavy (non-hydrogen) atoms. The van der Waals surface area contributed by atoms with Gasteiger partial charge in [0.1, 0.15) is 0 Å². The number of hydrogen-bond donors (Lipinski definition) is 1. The molecule has 5 heteroatoms. The van der Waals surface area contributed by atoms with Gasteiger partial charge in [-0.05, 0) is 24.2 Å². The minimum atomic E-state index is 0.632. The average Bonchev–Trinajstić information content (AvgIpc) is 2.52. The topological polar surface area (TPSA) is 39.7 Å². The van der Waals surface area contributed by atoms with E-state index < -0.39 is 0 Å². The summed E-state index contributed by atoms with van der Waals surface area (Å²) in [5.41, 5.74) is 1.32. The maximum Gasteiger partial charge on any atom is 0.0701 e. The fourth-order valence-electron chi connectivity index (χ4n) is 1.66. The van der Waals surface area contributed by atoms with E-state index in [0.29, 0.717) is 26.4 Å². The van der Waals surface area contributed by atoms with E-state index in [1.54, 1.807) is 7.11 Å². The SMILES string of the molecule is CCNCc1ccc(SCCOCCOCCOC)cc1. The van der Waals surface area contributed by atoms with Crippen molar-refractivity contribution in [3.63, 3.8) is 0 Å². The Morgan fingerprint density at radius 2 is 1.62 bits per heavy atom. The Kier molecular flexibility index (Phi) is 11.5. The van der Waals surface area contributed by atoms with Crippen LogP contribution in [-0.2, 0) is 20.8 Å². The van der Waals surface area contributed by atoms with Crippen LogP contribution in [0, 0.1) is 0 Å². The Hall–Kier alpha value is -0.590. The van der Waals surface area contributed by atoms with Crippen molar-refractivity contribution >= 4 is 11.8 Å². The monoisotopic (exact) mass is 313 g/mol. The van der Waals surface area contributed by atoms with Crippen LogP contribution in [0.4, 0.5) is 0 Å². The van der Waals surface area contributed by atoms with Gasteiger partial charge in [-0.3, -0.25) is 0 Å². The second-order valence-electron chi connectivity index (χ2n) is 4.49. The summed E-state index contributed by atoms with van der Waals surface area (Å²) in [6.45, 7) is 7.35. The minimum absolute atomic E-state index is 0.632. The van der Waals surface area contributed by atoms with E-state index in [9.17, 15) is 0 Å². The predicted molar refractivity (Wildman–Crippen MR) is 88.1 cm³/mol. The fourth-order valence-corrected chi connectivity index (χ4v) is 2.42. The first-order valence-corrected chi connectivity index (χ1v) is 8.42. The van der Waals surface area contributed by atoms with Crippen LogP contribution in [0.15, 0.2) is 29.2 Å². The maximum atomic E-state index is 5.52. The standard InChI is InChI=1S/C16H27NO3S/c1-3-17-14-15-4-6-16(7-5-15)21-13-12-20-11-10-19-9-8-18-2/h4-7,17H,3,8-14H2,1-2H3. The molecule has 0 atom stereocenters. The molecule has 1 rings (SSSR count). The number of nitrogens with one attached hydrogen (secondary N) is 1. The van der Waals surface area contributed by atoms with Crippen LogP contribution in [0.3, 0.4) is 0 Å². The Morgan fingerprint density at radius 1 is 0.952 bits per heavy atom. The molecule has 0 fully saturated rings. The lowest BCUT2D eigenvalue weighted by molar-refractivity contribution is 0.0286. The largest absolute Gasteiger partial charge is 0.382 e. The van der Waals surface area contributed by atoms with E-state index in [1.807, 2.05) is 11.8 Å². The lowest BCUT2D eigenvalue weighted by Gasteiger charge is -2.06. The Balaban J connectivity index is 1.99. The van der Waals surface area contributed by atoms with Gasteiger partial charge in [0.15, 0.2) is 0 Å². The van der Waals surface area contributed by atoms with Gasteiger partial charge < -0.3 is 19.5 Å². The van der Waals surface area contributed by atoms with Crippen LogP contribution < -0.4 is 5.32 Å². The molecule has 120 valence electrons. The maximum absolute atomic E-state index is 5.52. The summed E-state index contributed by atoms with van der Waals surface area (Å²) in [4.78, 5) is 1.29. The molecule has 0 aliphatic carbocycles. The van der Waals surface area contributed by atoms with Gasteiger partial charge in [0.05, 0.1) is 33.0 Å². The number of ether oxygens (including phenoxy) is 3. The molecule has 1 aromatic carbocycles. The van der Waals surface area contributed by atoms with Crippen LogP contribution >= 0.6 is 11.8 Å². The molecule has 0 unspecified atom stereocenters. The van der Waals surface area contributed by atoms with E-state index in [4.69, 9.17) is 14.2 Å². The molecule has 1 N–H and O–H groups in total. The highest BCUT2D eigenvalue weighted by Crippen LogP contribution is 2.18. The molecular formula is C16H27NO3S. The quantitative estimate of drug-likeness (QED) is 0.448. The molecule has 0 aromatic heterocycles. The summed E-state index contributed by atoms with van der Waals surface area (Å²) >= 11 is 1.82. The second kappa shape index (κ2) is 13.1. The highest BCUT2D eigenvalue weighted by Gasteiger charge is 1.96. The van der Waals surface area contributed by atoms with Crippen LogP contribution in [0.25, 0.3) is 0 Å². The Labute approximate surface area is 132 Å². The number of thioether (sulfide) groups is 1. The van der Waals surface area contributed by atoms with E-state index in [0.717, 1.165) is 25.4 Å². The molecular weight excluding hydrogens is 286 g/mol. The van der Waals surface area contributed by atoms with Crippen molar-refractivity contribution in [3.8, 4) is 0 Å². The van der Waals surface area contributed by atoms with E-state index in [-0.39, 0.29) is 0 Å². The molecule has 4 nitrogen and oxygen atoms in total. The molecule has 1 aromatic rings. The van der Waals surface area contributed by atoms with Gasteiger partial charge in [-0.25, -0.2) is 0 Å². The minimum Gasteiger partial charge on any atom is -0.382 e. The van der Waals surface area contributed by atoms with Gasteiger partial charge in [-0.15, -0.1) is 11.8 Å². The van der Waals surface area contributed by atoms with Gasteiger partial charge in [0.2, 0.25) is 0 Å². The Morgan fingerprint density at radius 3 is 2.29 bits per heavy atom. The predicted octanol–water partition coefficient (Wildman–Crippen LogP) is 2.57. The number of rotatable bonds is 13. The molecule has 0 radical (unpaired) electrons. The van der Waals surface area contributed by atoms with Crippen molar-refractivity contribution in [2.24, 2.45) is 0 Å². The van der Waals surface area contributed by atoms with Crippen molar-refractivity contribution in [2.75, 3.05) is 52.4 Å². The van der Waals surface area contributed by atoms with Gasteiger partial charge >= 0.3 is 0 Å². The van der Waals surface area contributed by atoms with Crippen LogP contribution in [0.5, 0.6) is 0 Å². The third kappa shape index (κ3) is 9.87. The molecule has 0 bridgehead atoms. The van der Waals surface area contributed by atoms with Crippen molar-refractivity contribution in [1.82, 2.24) is 5.32 Å². The highest BCUT2D eigenvalue weighted by atomic mass is 32.2. The number of benzene rings is 1. The van der Waals surface area contributed by atoms with Crippen molar-refractivity contribution in [1.29, 1.82) is 0 Å². The van der Waals surface area contributed by atoms with E-state index in [1.165, 1.54) is 10.5 Å². The summed E-state index contributed by atoms with van der Waals surface area (Å²) in [6.07, 6.45) is 0. The second-order valence-corrected chi connectivity index (χ2v) is 5.66. The van der Waals surface area contributed by atoms with E-state index in [2.05, 4.69) is 36.5 Å².